The summed E-state index contributed by atoms with van der Waals surface area (Å²) in [5.41, 5.74) is 1.27. The van der Waals surface area contributed by atoms with Gasteiger partial charge in [0.25, 0.3) is 0 Å². The fourth-order valence-electron chi connectivity index (χ4n) is 2.43. The first-order chi connectivity index (χ1) is 9.72. The van der Waals surface area contributed by atoms with Crippen LogP contribution in [0.1, 0.15) is 38.2 Å². The fraction of sp³-hybridized carbons (Fsp3) is 0.647. The number of ether oxygens (including phenoxy) is 2. The fourth-order valence-corrected chi connectivity index (χ4v) is 2.43. The largest absolute Gasteiger partial charge is 0.497 e. The highest BCUT2D eigenvalue weighted by atomic mass is 16.5. The van der Waals surface area contributed by atoms with Crippen LogP contribution in [0.15, 0.2) is 18.2 Å². The molecule has 0 spiro atoms. The van der Waals surface area contributed by atoms with Crippen LogP contribution in [0, 0.1) is 5.92 Å². The molecule has 0 aromatic heterocycles. The van der Waals surface area contributed by atoms with E-state index in [1.165, 1.54) is 31.2 Å². The van der Waals surface area contributed by atoms with Gasteiger partial charge in [0, 0.05) is 12.1 Å². The van der Waals surface area contributed by atoms with Crippen LogP contribution in [0.3, 0.4) is 0 Å². The quantitative estimate of drug-likeness (QED) is 0.750. The third-order valence-corrected chi connectivity index (χ3v) is 4.05. The van der Waals surface area contributed by atoms with Crippen molar-refractivity contribution in [2.24, 2.45) is 5.92 Å². The first-order valence-corrected chi connectivity index (χ1v) is 7.67. The van der Waals surface area contributed by atoms with Gasteiger partial charge < -0.3 is 14.8 Å². The number of benzene rings is 1. The van der Waals surface area contributed by atoms with Gasteiger partial charge in [0.1, 0.15) is 11.5 Å². The second-order valence-corrected chi connectivity index (χ2v) is 5.84. The van der Waals surface area contributed by atoms with Crippen LogP contribution in [0.5, 0.6) is 11.5 Å². The molecule has 3 heteroatoms. The van der Waals surface area contributed by atoms with Gasteiger partial charge in [0.05, 0.1) is 14.2 Å². The van der Waals surface area contributed by atoms with Crippen molar-refractivity contribution in [1.29, 1.82) is 0 Å². The maximum atomic E-state index is 5.45. The molecule has 1 aromatic carbocycles. The Kier molecular flexibility index (Phi) is 5.72. The topological polar surface area (TPSA) is 30.5 Å². The Morgan fingerprint density at radius 3 is 2.65 bits per heavy atom. The van der Waals surface area contributed by atoms with Crippen LogP contribution in [-0.2, 0) is 6.42 Å². The summed E-state index contributed by atoms with van der Waals surface area (Å²) in [6.07, 6.45) is 6.27. The van der Waals surface area contributed by atoms with Gasteiger partial charge in [-0.2, -0.15) is 0 Å². The zero-order valence-electron chi connectivity index (χ0n) is 12.9. The molecule has 0 amide bonds. The molecule has 0 saturated heterocycles. The first kappa shape index (κ1) is 15.2. The Hall–Kier alpha value is -1.22. The van der Waals surface area contributed by atoms with E-state index in [-0.39, 0.29) is 0 Å². The SMILES string of the molecule is COc1ccc(CCC(C)CCNC2CC2)c(OC)c1. The van der Waals surface area contributed by atoms with Gasteiger partial charge >= 0.3 is 0 Å². The van der Waals surface area contributed by atoms with Crippen LogP contribution < -0.4 is 14.8 Å². The molecule has 1 fully saturated rings. The summed E-state index contributed by atoms with van der Waals surface area (Å²) in [4.78, 5) is 0. The molecule has 0 bridgehead atoms. The van der Waals surface area contributed by atoms with E-state index in [2.05, 4.69) is 18.3 Å². The highest BCUT2D eigenvalue weighted by Crippen LogP contribution is 2.27. The van der Waals surface area contributed by atoms with Crippen LogP contribution in [0.25, 0.3) is 0 Å². The highest BCUT2D eigenvalue weighted by Gasteiger charge is 2.19. The van der Waals surface area contributed by atoms with E-state index in [1.54, 1.807) is 14.2 Å². The zero-order valence-corrected chi connectivity index (χ0v) is 12.9. The standard InChI is InChI=1S/C17H27NO2/c1-13(10-11-18-15-7-8-15)4-5-14-6-9-16(19-2)12-17(14)20-3/h6,9,12-13,15,18H,4-5,7-8,10-11H2,1-3H3. The van der Waals surface area contributed by atoms with Crippen LogP contribution in [-0.4, -0.2) is 26.8 Å². The molecule has 1 saturated carbocycles. The van der Waals surface area contributed by atoms with Gasteiger partial charge in [-0.05, 0) is 56.2 Å². The number of nitrogens with one attached hydrogen (secondary N) is 1. The summed E-state index contributed by atoms with van der Waals surface area (Å²) >= 11 is 0. The Labute approximate surface area is 122 Å². The van der Waals surface area contributed by atoms with Crippen molar-refractivity contribution in [3.05, 3.63) is 23.8 Å². The minimum absolute atomic E-state index is 0.744. The number of aryl methyl sites for hydroxylation is 1. The van der Waals surface area contributed by atoms with E-state index < -0.39 is 0 Å². The number of hydrogen-bond acceptors (Lipinski definition) is 3. The highest BCUT2D eigenvalue weighted by molar-refractivity contribution is 5.40. The summed E-state index contributed by atoms with van der Waals surface area (Å²) in [5, 5.41) is 3.58. The van der Waals surface area contributed by atoms with E-state index in [1.807, 2.05) is 12.1 Å². The zero-order chi connectivity index (χ0) is 14.4. The number of rotatable bonds is 9. The first-order valence-electron chi connectivity index (χ1n) is 7.67. The van der Waals surface area contributed by atoms with Gasteiger partial charge in [0.15, 0.2) is 0 Å². The average Bonchev–Trinajstić information content (AvgIpc) is 3.29. The normalized spacial score (nSPS) is 15.9. The molecule has 0 radical (unpaired) electrons. The van der Waals surface area contributed by atoms with Crippen molar-refractivity contribution in [2.45, 2.75) is 45.1 Å². The van der Waals surface area contributed by atoms with E-state index in [9.17, 15) is 0 Å². The predicted molar refractivity (Wildman–Crippen MR) is 82.7 cm³/mol. The van der Waals surface area contributed by atoms with E-state index in [0.717, 1.165) is 36.4 Å². The summed E-state index contributed by atoms with van der Waals surface area (Å²) in [6.45, 7) is 3.50. The molecule has 1 aliphatic carbocycles. The average molecular weight is 277 g/mol. The maximum absolute atomic E-state index is 5.45. The predicted octanol–water partition coefficient (Wildman–Crippen LogP) is 3.41. The lowest BCUT2D eigenvalue weighted by Gasteiger charge is -2.14. The molecule has 112 valence electrons. The molecule has 2 rings (SSSR count). The van der Waals surface area contributed by atoms with Gasteiger partial charge in [-0.15, -0.1) is 0 Å². The monoisotopic (exact) mass is 277 g/mol. The Morgan fingerprint density at radius 2 is 2.00 bits per heavy atom. The van der Waals surface area contributed by atoms with E-state index >= 15 is 0 Å². The molecule has 3 nitrogen and oxygen atoms in total. The van der Waals surface area contributed by atoms with E-state index in [0.29, 0.717) is 0 Å². The third kappa shape index (κ3) is 4.71. The lowest BCUT2D eigenvalue weighted by atomic mass is 9.97. The second kappa shape index (κ2) is 7.53. The lowest BCUT2D eigenvalue weighted by molar-refractivity contribution is 0.388. The summed E-state index contributed by atoms with van der Waals surface area (Å²) < 4.78 is 10.7. The van der Waals surface area contributed by atoms with Crippen molar-refractivity contribution in [3.63, 3.8) is 0 Å². The molecule has 1 atom stereocenters. The van der Waals surface area contributed by atoms with Crippen LogP contribution in [0.4, 0.5) is 0 Å². The minimum atomic E-state index is 0.744. The van der Waals surface area contributed by atoms with Crippen molar-refractivity contribution in [1.82, 2.24) is 5.32 Å². The molecule has 0 heterocycles. The van der Waals surface area contributed by atoms with Gasteiger partial charge in [-0.1, -0.05) is 13.0 Å². The number of methoxy groups -OCH3 is 2. The molecule has 20 heavy (non-hydrogen) atoms. The van der Waals surface area contributed by atoms with Crippen molar-refractivity contribution in [3.8, 4) is 11.5 Å². The molecular weight excluding hydrogens is 250 g/mol. The third-order valence-electron chi connectivity index (χ3n) is 4.05. The second-order valence-electron chi connectivity index (χ2n) is 5.84. The summed E-state index contributed by atoms with van der Waals surface area (Å²) in [5.74, 6) is 2.54. The van der Waals surface area contributed by atoms with Crippen molar-refractivity contribution >= 4 is 0 Å². The molecule has 1 N–H and O–H groups in total. The minimum Gasteiger partial charge on any atom is -0.497 e. The Balaban J connectivity index is 1.76. The van der Waals surface area contributed by atoms with Crippen LogP contribution >= 0.6 is 0 Å². The maximum Gasteiger partial charge on any atom is 0.125 e. The molecule has 1 aromatic rings. The van der Waals surface area contributed by atoms with Gasteiger partial charge in [-0.25, -0.2) is 0 Å². The summed E-state index contributed by atoms with van der Waals surface area (Å²) in [6, 6.07) is 6.92. The summed E-state index contributed by atoms with van der Waals surface area (Å²) in [7, 11) is 3.41. The lowest BCUT2D eigenvalue weighted by Crippen LogP contribution is -2.19. The van der Waals surface area contributed by atoms with Gasteiger partial charge in [0.2, 0.25) is 0 Å². The van der Waals surface area contributed by atoms with E-state index in [4.69, 9.17) is 9.47 Å². The van der Waals surface area contributed by atoms with Crippen LogP contribution in [0.2, 0.25) is 0 Å². The Bertz CT molecular complexity index is 415. The molecule has 1 aliphatic rings. The van der Waals surface area contributed by atoms with Gasteiger partial charge in [-0.3, -0.25) is 0 Å². The number of hydrogen-bond donors (Lipinski definition) is 1. The smallest absolute Gasteiger partial charge is 0.125 e. The molecule has 1 unspecified atom stereocenters. The molecule has 0 aliphatic heterocycles. The molecular formula is C17H27NO2. The Morgan fingerprint density at radius 1 is 1.20 bits per heavy atom. The van der Waals surface area contributed by atoms with Crippen molar-refractivity contribution < 1.29 is 9.47 Å². The van der Waals surface area contributed by atoms with Crippen molar-refractivity contribution in [2.75, 3.05) is 20.8 Å².